The maximum absolute atomic E-state index is 11.8. The number of anilines is 1. The van der Waals surface area contributed by atoms with Gasteiger partial charge >= 0.3 is 0 Å². The van der Waals surface area contributed by atoms with Crippen molar-refractivity contribution >= 4 is 11.7 Å². The number of aliphatic hydroxyl groups is 1. The molecule has 0 spiro atoms. The molecule has 0 unspecified atom stereocenters. The molecule has 7 heteroatoms. The summed E-state index contributed by atoms with van der Waals surface area (Å²) in [6.45, 7) is 1.79. The summed E-state index contributed by atoms with van der Waals surface area (Å²) in [5.74, 6) is 0.260. The third kappa shape index (κ3) is 3.14. The largest absolute Gasteiger partial charge is 0.390 e. The lowest BCUT2D eigenvalue weighted by Gasteiger charge is -2.06. The fraction of sp³-hybridized carbons (Fsp3) is 0.333. The van der Waals surface area contributed by atoms with Crippen molar-refractivity contribution in [3.63, 3.8) is 0 Å². The summed E-state index contributed by atoms with van der Waals surface area (Å²) in [4.78, 5) is 15.9. The molecule has 0 bridgehead atoms. The van der Waals surface area contributed by atoms with E-state index in [9.17, 15) is 4.79 Å². The van der Waals surface area contributed by atoms with Crippen molar-refractivity contribution in [2.75, 3.05) is 5.32 Å². The normalized spacial score (nSPS) is 10.4. The number of nitrogens with one attached hydrogen (secondary N) is 1. The highest BCUT2D eigenvalue weighted by molar-refractivity contribution is 5.89. The van der Waals surface area contributed by atoms with Crippen molar-refractivity contribution < 1.29 is 9.90 Å². The van der Waals surface area contributed by atoms with Gasteiger partial charge in [-0.25, -0.2) is 9.67 Å². The minimum atomic E-state index is -0.234. The molecule has 2 aromatic rings. The van der Waals surface area contributed by atoms with Gasteiger partial charge < -0.3 is 10.4 Å². The number of aliphatic hydroxyl groups excluding tert-OH is 1. The second-order valence-corrected chi connectivity index (χ2v) is 3.92. The minimum Gasteiger partial charge on any atom is -0.390 e. The number of nitrogens with zero attached hydrogens (tertiary/aromatic N) is 4. The summed E-state index contributed by atoms with van der Waals surface area (Å²) >= 11 is 0. The third-order valence-corrected chi connectivity index (χ3v) is 2.63. The van der Waals surface area contributed by atoms with Gasteiger partial charge in [0.2, 0.25) is 5.91 Å². The van der Waals surface area contributed by atoms with Crippen LogP contribution in [0.25, 0.3) is 0 Å². The van der Waals surface area contributed by atoms with Gasteiger partial charge in [-0.1, -0.05) is 18.2 Å². The van der Waals surface area contributed by atoms with E-state index in [0.717, 1.165) is 5.69 Å². The van der Waals surface area contributed by atoms with E-state index in [1.807, 2.05) is 6.92 Å². The molecule has 0 aromatic carbocycles. The van der Waals surface area contributed by atoms with Crippen LogP contribution in [0.5, 0.6) is 0 Å². The Morgan fingerprint density at radius 2 is 2.32 bits per heavy atom. The molecule has 0 atom stereocenters. The van der Waals surface area contributed by atoms with E-state index < -0.39 is 0 Å². The van der Waals surface area contributed by atoms with Crippen LogP contribution in [0.15, 0.2) is 24.4 Å². The van der Waals surface area contributed by atoms with E-state index >= 15 is 0 Å². The summed E-state index contributed by atoms with van der Waals surface area (Å²) in [6, 6.07) is 5.27. The number of carbonyl (C=O) groups excluding carboxylic acids is 1. The number of rotatable bonds is 5. The van der Waals surface area contributed by atoms with Gasteiger partial charge in [0.1, 0.15) is 18.1 Å². The molecule has 0 saturated heterocycles. The predicted octanol–water partition coefficient (Wildman–Crippen LogP) is 0.366. The van der Waals surface area contributed by atoms with Crippen LogP contribution in [-0.4, -0.2) is 31.0 Å². The lowest BCUT2D eigenvalue weighted by Crippen LogP contribution is -2.21. The van der Waals surface area contributed by atoms with Crippen LogP contribution >= 0.6 is 0 Å². The molecule has 7 nitrogen and oxygen atoms in total. The van der Waals surface area contributed by atoms with E-state index in [1.54, 1.807) is 24.4 Å². The first-order chi connectivity index (χ1) is 9.24. The molecule has 0 aliphatic heterocycles. The Bertz CT molecular complexity index is 553. The molecule has 2 aromatic heterocycles. The van der Waals surface area contributed by atoms with Crippen LogP contribution in [0.2, 0.25) is 0 Å². The van der Waals surface area contributed by atoms with Crippen LogP contribution < -0.4 is 5.32 Å². The lowest BCUT2D eigenvalue weighted by atomic mass is 10.2. The quantitative estimate of drug-likeness (QED) is 0.811. The fourth-order valence-corrected chi connectivity index (χ4v) is 1.76. The third-order valence-electron chi connectivity index (χ3n) is 2.63. The van der Waals surface area contributed by atoms with Gasteiger partial charge in [-0.15, -0.1) is 5.10 Å². The van der Waals surface area contributed by atoms with Crippen LogP contribution in [-0.2, 0) is 24.4 Å². The molecule has 2 N–H and O–H groups in total. The Kier molecular flexibility index (Phi) is 4.19. The Balaban J connectivity index is 2.05. The number of carbonyl (C=O) groups is 1. The number of aromatic nitrogens is 4. The molecular weight excluding hydrogens is 246 g/mol. The van der Waals surface area contributed by atoms with E-state index in [2.05, 4.69) is 20.6 Å². The van der Waals surface area contributed by atoms with Crippen molar-refractivity contribution in [1.82, 2.24) is 20.0 Å². The maximum Gasteiger partial charge on any atom is 0.247 e. The standard InChI is InChI=1S/C12H15N5O2/c1-2-10-9(8-18)15-16-17(10)7-12(19)14-11-5-3-4-6-13-11/h3-6,18H,2,7-8H2,1H3,(H,13,14,19). The number of hydrogen-bond donors (Lipinski definition) is 2. The topological polar surface area (TPSA) is 92.9 Å². The molecule has 2 heterocycles. The average Bonchev–Trinajstić information content (AvgIpc) is 2.81. The molecule has 2 rings (SSSR count). The molecular formula is C12H15N5O2. The second kappa shape index (κ2) is 6.05. The van der Waals surface area contributed by atoms with Crippen molar-refractivity contribution in [1.29, 1.82) is 0 Å². The molecule has 19 heavy (non-hydrogen) atoms. The van der Waals surface area contributed by atoms with Gasteiger partial charge in [0.15, 0.2) is 0 Å². The van der Waals surface area contributed by atoms with Crippen LogP contribution in [0.1, 0.15) is 18.3 Å². The summed E-state index contributed by atoms with van der Waals surface area (Å²) in [6.07, 6.45) is 2.26. The summed E-state index contributed by atoms with van der Waals surface area (Å²) in [5, 5.41) is 19.5. The first-order valence-electron chi connectivity index (χ1n) is 5.97. The zero-order valence-corrected chi connectivity index (χ0v) is 10.6. The molecule has 1 amide bonds. The monoisotopic (exact) mass is 261 g/mol. The fourth-order valence-electron chi connectivity index (χ4n) is 1.76. The van der Waals surface area contributed by atoms with Crippen LogP contribution in [0, 0.1) is 0 Å². The first kappa shape index (κ1) is 13.2. The lowest BCUT2D eigenvalue weighted by molar-refractivity contribution is -0.117. The Hall–Kier alpha value is -2.28. The van der Waals surface area contributed by atoms with E-state index in [4.69, 9.17) is 5.11 Å². The molecule has 0 aliphatic carbocycles. The zero-order valence-electron chi connectivity index (χ0n) is 10.6. The summed E-state index contributed by atoms with van der Waals surface area (Å²) in [7, 11) is 0. The number of pyridine rings is 1. The Labute approximate surface area is 110 Å². The van der Waals surface area contributed by atoms with E-state index in [1.165, 1.54) is 4.68 Å². The molecule has 0 radical (unpaired) electrons. The SMILES string of the molecule is CCc1c(CO)nnn1CC(=O)Nc1ccccn1. The van der Waals surface area contributed by atoms with E-state index in [0.29, 0.717) is 17.9 Å². The smallest absolute Gasteiger partial charge is 0.247 e. The Morgan fingerprint density at radius 1 is 1.47 bits per heavy atom. The zero-order chi connectivity index (χ0) is 13.7. The predicted molar refractivity (Wildman–Crippen MR) is 68.2 cm³/mol. The second-order valence-electron chi connectivity index (χ2n) is 3.92. The molecule has 100 valence electrons. The highest BCUT2D eigenvalue weighted by atomic mass is 16.3. The van der Waals surface area contributed by atoms with Crippen LogP contribution in [0.3, 0.4) is 0 Å². The summed E-state index contributed by atoms with van der Waals surface area (Å²) < 4.78 is 1.49. The van der Waals surface area contributed by atoms with Gasteiger partial charge in [-0.3, -0.25) is 4.79 Å². The van der Waals surface area contributed by atoms with Crippen molar-refractivity contribution in [3.8, 4) is 0 Å². The van der Waals surface area contributed by atoms with E-state index in [-0.39, 0.29) is 19.1 Å². The summed E-state index contributed by atoms with van der Waals surface area (Å²) in [5.41, 5.74) is 1.27. The van der Waals surface area contributed by atoms with Crippen molar-refractivity contribution in [2.24, 2.45) is 0 Å². The maximum atomic E-state index is 11.8. The molecule has 0 aliphatic rings. The van der Waals surface area contributed by atoms with Crippen molar-refractivity contribution in [3.05, 3.63) is 35.8 Å². The Morgan fingerprint density at radius 3 is 2.95 bits per heavy atom. The number of hydrogen-bond acceptors (Lipinski definition) is 5. The van der Waals surface area contributed by atoms with Gasteiger partial charge in [0.25, 0.3) is 0 Å². The van der Waals surface area contributed by atoms with Crippen LogP contribution in [0.4, 0.5) is 5.82 Å². The molecule has 0 fully saturated rings. The van der Waals surface area contributed by atoms with Gasteiger partial charge in [-0.2, -0.15) is 0 Å². The van der Waals surface area contributed by atoms with Gasteiger partial charge in [-0.05, 0) is 18.6 Å². The average molecular weight is 261 g/mol. The highest BCUT2D eigenvalue weighted by Gasteiger charge is 2.13. The molecule has 0 saturated carbocycles. The minimum absolute atomic E-state index is 0.0484. The first-order valence-corrected chi connectivity index (χ1v) is 5.97. The highest BCUT2D eigenvalue weighted by Crippen LogP contribution is 2.07. The van der Waals surface area contributed by atoms with Gasteiger partial charge in [0, 0.05) is 6.20 Å². The number of amides is 1. The van der Waals surface area contributed by atoms with Gasteiger partial charge in [0.05, 0.1) is 12.3 Å². The van der Waals surface area contributed by atoms with Crippen molar-refractivity contribution in [2.45, 2.75) is 26.5 Å².